The van der Waals surface area contributed by atoms with Crippen molar-refractivity contribution < 1.29 is 22.3 Å². The second-order valence-electron chi connectivity index (χ2n) is 8.42. The molecular formula is C27H22ClFN4O4S2. The molecule has 200 valence electrons. The van der Waals surface area contributed by atoms with E-state index in [1.165, 1.54) is 24.4 Å². The summed E-state index contributed by atoms with van der Waals surface area (Å²) in [6.45, 7) is 2.22. The van der Waals surface area contributed by atoms with Crippen LogP contribution in [0.25, 0.3) is 11.3 Å². The van der Waals surface area contributed by atoms with E-state index in [1.807, 2.05) is 6.92 Å². The third kappa shape index (κ3) is 5.70. The minimum Gasteiger partial charge on any atom is -0.494 e. The first-order chi connectivity index (χ1) is 18.8. The second-order valence-corrected chi connectivity index (χ2v) is 11.6. The number of fused-ring (bicyclic) bond motifs is 3. The van der Waals surface area contributed by atoms with E-state index >= 15 is 0 Å². The van der Waals surface area contributed by atoms with Gasteiger partial charge in [-0.25, -0.2) is 22.8 Å². The smallest absolute Gasteiger partial charge is 0.268 e. The molecule has 1 aliphatic rings. The van der Waals surface area contributed by atoms with Crippen LogP contribution in [0.2, 0.25) is 5.02 Å². The van der Waals surface area contributed by atoms with E-state index < -0.39 is 15.8 Å². The number of rotatable bonds is 8. The van der Waals surface area contributed by atoms with Crippen molar-refractivity contribution in [2.75, 3.05) is 22.0 Å². The molecule has 2 heterocycles. The number of aromatic nitrogens is 2. The summed E-state index contributed by atoms with van der Waals surface area (Å²) in [5.74, 6) is -0.0890. The zero-order valence-corrected chi connectivity index (χ0v) is 23.0. The maximum absolute atomic E-state index is 14.4. The molecule has 3 aromatic carbocycles. The van der Waals surface area contributed by atoms with Gasteiger partial charge in [0.15, 0.2) is 5.16 Å². The molecule has 0 spiro atoms. The first-order valence-corrected chi connectivity index (χ1v) is 14.6. The summed E-state index contributed by atoms with van der Waals surface area (Å²) < 4.78 is 48.2. The minimum absolute atomic E-state index is 0.000556. The lowest BCUT2D eigenvalue weighted by Crippen LogP contribution is -2.34. The van der Waals surface area contributed by atoms with Gasteiger partial charge in [0.05, 0.1) is 36.5 Å². The molecule has 5 rings (SSSR count). The predicted octanol–water partition coefficient (Wildman–Crippen LogP) is 5.77. The molecule has 0 bridgehead atoms. The number of nitrogens with zero attached hydrogens (tertiary/aromatic N) is 3. The average Bonchev–Trinajstić information content (AvgIpc) is 2.92. The maximum atomic E-state index is 14.4. The number of thioether (sulfide) groups is 1. The molecule has 1 aromatic heterocycles. The van der Waals surface area contributed by atoms with Gasteiger partial charge >= 0.3 is 0 Å². The predicted molar refractivity (Wildman–Crippen MR) is 149 cm³/mol. The average molecular weight is 585 g/mol. The van der Waals surface area contributed by atoms with Crippen LogP contribution in [0.15, 0.2) is 83.0 Å². The van der Waals surface area contributed by atoms with Crippen molar-refractivity contribution in [2.24, 2.45) is 0 Å². The summed E-state index contributed by atoms with van der Waals surface area (Å²) in [5.41, 5.74) is 1.78. The van der Waals surface area contributed by atoms with Gasteiger partial charge in [-0.3, -0.25) is 9.10 Å². The Morgan fingerprint density at radius 1 is 1.13 bits per heavy atom. The van der Waals surface area contributed by atoms with E-state index in [0.29, 0.717) is 34.3 Å². The lowest BCUT2D eigenvalue weighted by molar-refractivity contribution is -0.113. The van der Waals surface area contributed by atoms with E-state index in [2.05, 4.69) is 15.3 Å². The van der Waals surface area contributed by atoms with Gasteiger partial charge in [0, 0.05) is 21.8 Å². The second kappa shape index (κ2) is 11.2. The highest BCUT2D eigenvalue weighted by molar-refractivity contribution is 7.99. The fraction of sp³-hybridized carbons (Fsp3) is 0.148. The number of benzene rings is 3. The Bertz CT molecular complexity index is 1650. The monoisotopic (exact) mass is 584 g/mol. The highest BCUT2D eigenvalue weighted by Crippen LogP contribution is 2.44. The fourth-order valence-electron chi connectivity index (χ4n) is 4.05. The largest absolute Gasteiger partial charge is 0.494 e. The van der Waals surface area contributed by atoms with Gasteiger partial charge in [0.1, 0.15) is 16.5 Å². The number of sulfonamides is 1. The number of amides is 1. The van der Waals surface area contributed by atoms with Crippen LogP contribution in [-0.4, -0.2) is 36.7 Å². The van der Waals surface area contributed by atoms with E-state index in [0.717, 1.165) is 16.1 Å². The number of hydrogen-bond donors (Lipinski definition) is 1. The minimum atomic E-state index is -4.12. The molecule has 0 unspecified atom stereocenters. The number of halogens is 2. The Morgan fingerprint density at radius 2 is 1.90 bits per heavy atom. The van der Waals surface area contributed by atoms with Crippen LogP contribution >= 0.6 is 23.4 Å². The number of hydrogen-bond acceptors (Lipinski definition) is 7. The van der Waals surface area contributed by atoms with Crippen molar-refractivity contribution >= 4 is 50.7 Å². The third-order valence-corrected chi connectivity index (χ3v) is 8.69. The standard InChI is InChI=1S/C27H22ClFN4O4S2/c1-2-37-20-10-8-19(9-11-20)31-25(34)16-38-27-30-14-24-26(32-27)21-13-18(28)7-12-23(21)33(39(24,35)36)15-17-5-3-4-6-22(17)29/h3-14H,2,15-16H2,1H3,(H,31,34). The van der Waals surface area contributed by atoms with Gasteiger partial charge in [-0.1, -0.05) is 41.6 Å². The van der Waals surface area contributed by atoms with Crippen LogP contribution < -0.4 is 14.4 Å². The summed E-state index contributed by atoms with van der Waals surface area (Å²) >= 11 is 7.32. The van der Waals surface area contributed by atoms with Gasteiger partial charge in [-0.2, -0.15) is 0 Å². The van der Waals surface area contributed by atoms with Crippen molar-refractivity contribution in [3.63, 3.8) is 0 Å². The van der Waals surface area contributed by atoms with E-state index in [-0.39, 0.29) is 39.5 Å². The Hall–Kier alpha value is -3.67. The number of carbonyl (C=O) groups is 1. The van der Waals surface area contributed by atoms with Crippen molar-refractivity contribution in [3.8, 4) is 17.0 Å². The topological polar surface area (TPSA) is 101 Å². The normalized spacial score (nSPS) is 13.4. The van der Waals surface area contributed by atoms with Gasteiger partial charge in [-0.05, 0) is 55.5 Å². The summed E-state index contributed by atoms with van der Waals surface area (Å²) in [4.78, 5) is 21.1. The number of nitrogens with one attached hydrogen (secondary N) is 1. The third-order valence-electron chi connectivity index (χ3n) is 5.84. The molecular weight excluding hydrogens is 563 g/mol. The highest BCUT2D eigenvalue weighted by atomic mass is 35.5. The van der Waals surface area contributed by atoms with Crippen molar-refractivity contribution in [2.45, 2.75) is 23.5 Å². The van der Waals surface area contributed by atoms with Crippen LogP contribution in [0.5, 0.6) is 5.75 Å². The Labute approximate surface area is 234 Å². The van der Waals surface area contributed by atoms with E-state index in [9.17, 15) is 17.6 Å². The summed E-state index contributed by atoms with van der Waals surface area (Å²) in [6, 6.07) is 17.7. The quantitative estimate of drug-likeness (QED) is 0.207. The molecule has 4 aromatic rings. The molecule has 12 heteroatoms. The van der Waals surface area contributed by atoms with Crippen LogP contribution in [0.4, 0.5) is 15.8 Å². The molecule has 0 atom stereocenters. The number of ether oxygens (including phenoxy) is 1. The van der Waals surface area contributed by atoms with Crippen molar-refractivity contribution in [1.29, 1.82) is 0 Å². The fourth-order valence-corrected chi connectivity index (χ4v) is 6.39. The lowest BCUT2D eigenvalue weighted by atomic mass is 10.1. The zero-order valence-electron chi connectivity index (χ0n) is 20.6. The summed E-state index contributed by atoms with van der Waals surface area (Å²) in [7, 11) is -4.12. The molecule has 0 saturated heterocycles. The highest BCUT2D eigenvalue weighted by Gasteiger charge is 2.37. The number of anilines is 2. The molecule has 1 amide bonds. The van der Waals surface area contributed by atoms with Crippen LogP contribution in [0.1, 0.15) is 12.5 Å². The van der Waals surface area contributed by atoms with Gasteiger partial charge in [0.25, 0.3) is 10.0 Å². The molecule has 39 heavy (non-hydrogen) atoms. The summed E-state index contributed by atoms with van der Waals surface area (Å²) in [6.07, 6.45) is 1.21. The van der Waals surface area contributed by atoms with Crippen molar-refractivity contribution in [1.82, 2.24) is 9.97 Å². The zero-order chi connectivity index (χ0) is 27.6. The molecule has 0 fully saturated rings. The number of carbonyl (C=O) groups excluding carboxylic acids is 1. The van der Waals surface area contributed by atoms with Crippen LogP contribution in [0, 0.1) is 5.82 Å². The molecule has 1 aliphatic heterocycles. The molecule has 8 nitrogen and oxygen atoms in total. The summed E-state index contributed by atoms with van der Waals surface area (Å²) in [5, 5.41) is 3.40. The van der Waals surface area contributed by atoms with Gasteiger partial charge < -0.3 is 10.1 Å². The SMILES string of the molecule is CCOc1ccc(NC(=O)CSc2ncc3c(n2)-c2cc(Cl)ccc2N(Cc2ccccc2F)S3(=O)=O)cc1. The van der Waals surface area contributed by atoms with Gasteiger partial charge in [-0.15, -0.1) is 0 Å². The lowest BCUT2D eigenvalue weighted by Gasteiger charge is -2.31. The molecule has 0 saturated carbocycles. The van der Waals surface area contributed by atoms with E-state index in [4.69, 9.17) is 16.3 Å². The van der Waals surface area contributed by atoms with Crippen LogP contribution in [-0.2, 0) is 21.4 Å². The van der Waals surface area contributed by atoms with Crippen LogP contribution in [0.3, 0.4) is 0 Å². The molecule has 1 N–H and O–H groups in total. The Kier molecular flexibility index (Phi) is 7.74. The Balaban J connectivity index is 1.39. The molecule has 0 radical (unpaired) electrons. The Morgan fingerprint density at radius 3 is 2.64 bits per heavy atom. The van der Waals surface area contributed by atoms with E-state index in [1.54, 1.807) is 48.5 Å². The maximum Gasteiger partial charge on any atom is 0.268 e. The first-order valence-electron chi connectivity index (χ1n) is 11.8. The van der Waals surface area contributed by atoms with Gasteiger partial charge in [0.2, 0.25) is 5.91 Å². The first kappa shape index (κ1) is 26.9. The molecule has 0 aliphatic carbocycles. The van der Waals surface area contributed by atoms with Crippen molar-refractivity contribution in [3.05, 3.63) is 89.3 Å².